The molecule has 0 aliphatic rings. The zero-order valence-electron chi connectivity index (χ0n) is 11.2. The highest BCUT2D eigenvalue weighted by Crippen LogP contribution is 2.24. The number of anilines is 1. The highest BCUT2D eigenvalue weighted by Gasteiger charge is 2.06. The molecule has 0 spiro atoms. The number of thiophene rings is 1. The highest BCUT2D eigenvalue weighted by atomic mass is 32.1. The zero-order chi connectivity index (χ0) is 13.8. The molecule has 0 saturated carbocycles. The van der Waals surface area contributed by atoms with Gasteiger partial charge in [0, 0.05) is 22.8 Å². The second-order valence-corrected chi connectivity index (χ2v) is 5.50. The monoisotopic (exact) mass is 281 g/mol. The molecule has 1 N–H and O–H groups in total. The smallest absolute Gasteiger partial charge is 0.223 e. The van der Waals surface area contributed by atoms with E-state index in [4.69, 9.17) is 0 Å². The minimum absolute atomic E-state index is 0.184. The van der Waals surface area contributed by atoms with Crippen LogP contribution in [0, 0.1) is 0 Å². The van der Waals surface area contributed by atoms with Gasteiger partial charge >= 0.3 is 0 Å². The summed E-state index contributed by atoms with van der Waals surface area (Å²) in [6.45, 7) is 2.10. The molecule has 0 radical (unpaired) electrons. The van der Waals surface area contributed by atoms with E-state index in [9.17, 15) is 0 Å². The van der Waals surface area contributed by atoms with Gasteiger partial charge in [-0.1, -0.05) is 36.4 Å². The molecule has 0 aliphatic carbocycles. The van der Waals surface area contributed by atoms with E-state index in [0.717, 1.165) is 5.56 Å². The van der Waals surface area contributed by atoms with Crippen LogP contribution in [-0.2, 0) is 0 Å². The largest absolute Gasteiger partial charge is 0.348 e. The van der Waals surface area contributed by atoms with Crippen LogP contribution in [0.25, 0.3) is 10.4 Å². The Kier molecular flexibility index (Phi) is 3.74. The van der Waals surface area contributed by atoms with E-state index in [1.807, 2.05) is 36.7 Å². The van der Waals surface area contributed by atoms with Crippen molar-refractivity contribution in [3.8, 4) is 10.4 Å². The van der Waals surface area contributed by atoms with Crippen molar-refractivity contribution in [2.75, 3.05) is 5.32 Å². The SMILES string of the molecule is CC(Nc1ncc(-c2cccs2)cn1)c1ccccc1. The molecule has 3 aromatic rings. The minimum Gasteiger partial charge on any atom is -0.348 e. The lowest BCUT2D eigenvalue weighted by atomic mass is 10.1. The number of hydrogen-bond donors (Lipinski definition) is 1. The molecule has 2 heterocycles. The van der Waals surface area contributed by atoms with Crippen molar-refractivity contribution >= 4 is 17.3 Å². The summed E-state index contributed by atoms with van der Waals surface area (Å²) in [6, 6.07) is 14.6. The van der Waals surface area contributed by atoms with Crippen LogP contribution in [0.4, 0.5) is 5.95 Å². The van der Waals surface area contributed by atoms with E-state index < -0.39 is 0 Å². The molecule has 1 aromatic carbocycles. The minimum atomic E-state index is 0.184. The van der Waals surface area contributed by atoms with Crippen LogP contribution in [-0.4, -0.2) is 9.97 Å². The van der Waals surface area contributed by atoms with Gasteiger partial charge in [-0.15, -0.1) is 11.3 Å². The number of hydrogen-bond acceptors (Lipinski definition) is 4. The Hall–Kier alpha value is -2.20. The van der Waals surface area contributed by atoms with Crippen molar-refractivity contribution in [2.24, 2.45) is 0 Å². The van der Waals surface area contributed by atoms with Gasteiger partial charge in [0.1, 0.15) is 0 Å². The summed E-state index contributed by atoms with van der Waals surface area (Å²) < 4.78 is 0. The Morgan fingerprint density at radius 2 is 1.75 bits per heavy atom. The average molecular weight is 281 g/mol. The van der Waals surface area contributed by atoms with Gasteiger partial charge in [0.2, 0.25) is 5.95 Å². The summed E-state index contributed by atoms with van der Waals surface area (Å²) in [6.07, 6.45) is 3.72. The third-order valence-corrected chi connectivity index (χ3v) is 4.02. The normalized spacial score (nSPS) is 12.1. The van der Waals surface area contributed by atoms with Gasteiger partial charge in [0.05, 0.1) is 6.04 Å². The molecular formula is C16H15N3S. The summed E-state index contributed by atoms with van der Waals surface area (Å²) in [5.41, 5.74) is 2.27. The van der Waals surface area contributed by atoms with Crippen molar-refractivity contribution in [3.63, 3.8) is 0 Å². The lowest BCUT2D eigenvalue weighted by Crippen LogP contribution is -2.09. The van der Waals surface area contributed by atoms with E-state index in [2.05, 4.69) is 45.8 Å². The molecule has 20 heavy (non-hydrogen) atoms. The van der Waals surface area contributed by atoms with Crippen LogP contribution in [0.2, 0.25) is 0 Å². The predicted octanol–water partition coefficient (Wildman–Crippen LogP) is 4.38. The highest BCUT2D eigenvalue weighted by molar-refractivity contribution is 7.13. The quantitative estimate of drug-likeness (QED) is 0.771. The lowest BCUT2D eigenvalue weighted by Gasteiger charge is -2.13. The second-order valence-electron chi connectivity index (χ2n) is 4.55. The van der Waals surface area contributed by atoms with Crippen LogP contribution in [0.1, 0.15) is 18.5 Å². The Balaban J connectivity index is 1.72. The zero-order valence-corrected chi connectivity index (χ0v) is 12.0. The standard InChI is InChI=1S/C16H15N3S/c1-12(13-6-3-2-4-7-13)19-16-17-10-14(11-18-16)15-8-5-9-20-15/h2-12H,1H3,(H,17,18,19). The molecule has 2 aromatic heterocycles. The number of nitrogens with one attached hydrogen (secondary N) is 1. The maximum absolute atomic E-state index is 4.38. The first kappa shape index (κ1) is 12.8. The predicted molar refractivity (Wildman–Crippen MR) is 83.8 cm³/mol. The van der Waals surface area contributed by atoms with Gasteiger partial charge in [0.25, 0.3) is 0 Å². The van der Waals surface area contributed by atoms with Crippen molar-refractivity contribution in [1.29, 1.82) is 0 Å². The fraction of sp³-hybridized carbons (Fsp3) is 0.125. The van der Waals surface area contributed by atoms with Gasteiger partial charge in [-0.25, -0.2) is 9.97 Å². The number of rotatable bonds is 4. The Labute approximate surface area is 122 Å². The third kappa shape index (κ3) is 2.86. The van der Waals surface area contributed by atoms with Crippen LogP contribution in [0.15, 0.2) is 60.2 Å². The lowest BCUT2D eigenvalue weighted by molar-refractivity contribution is 0.861. The second kappa shape index (κ2) is 5.84. The van der Waals surface area contributed by atoms with Gasteiger partial charge < -0.3 is 5.32 Å². The molecule has 4 heteroatoms. The average Bonchev–Trinajstić information content (AvgIpc) is 3.03. The summed E-state index contributed by atoms with van der Waals surface area (Å²) in [5.74, 6) is 0.654. The molecule has 0 amide bonds. The maximum atomic E-state index is 4.38. The van der Waals surface area contributed by atoms with E-state index in [-0.39, 0.29) is 6.04 Å². The molecular weight excluding hydrogens is 266 g/mol. The Bertz CT molecular complexity index is 648. The molecule has 100 valence electrons. The molecule has 0 aliphatic heterocycles. The summed E-state index contributed by atoms with van der Waals surface area (Å²) >= 11 is 1.69. The first-order valence-corrected chi connectivity index (χ1v) is 7.38. The topological polar surface area (TPSA) is 37.8 Å². The van der Waals surface area contributed by atoms with Crippen LogP contribution < -0.4 is 5.32 Å². The number of benzene rings is 1. The van der Waals surface area contributed by atoms with E-state index in [0.29, 0.717) is 5.95 Å². The van der Waals surface area contributed by atoms with Gasteiger partial charge in [0.15, 0.2) is 0 Å². The van der Waals surface area contributed by atoms with Crippen molar-refractivity contribution in [1.82, 2.24) is 9.97 Å². The molecule has 3 rings (SSSR count). The Morgan fingerprint density at radius 1 is 1.00 bits per heavy atom. The summed E-state index contributed by atoms with van der Waals surface area (Å²) in [7, 11) is 0. The van der Waals surface area contributed by atoms with Gasteiger partial charge in [-0.3, -0.25) is 0 Å². The summed E-state index contributed by atoms with van der Waals surface area (Å²) in [5, 5.41) is 5.37. The van der Waals surface area contributed by atoms with E-state index >= 15 is 0 Å². The van der Waals surface area contributed by atoms with Crippen LogP contribution in [0.3, 0.4) is 0 Å². The fourth-order valence-corrected chi connectivity index (χ4v) is 2.69. The molecule has 1 unspecified atom stereocenters. The van der Waals surface area contributed by atoms with Crippen LogP contribution >= 0.6 is 11.3 Å². The summed E-state index contributed by atoms with van der Waals surface area (Å²) in [4.78, 5) is 9.96. The van der Waals surface area contributed by atoms with Gasteiger partial charge in [-0.2, -0.15) is 0 Å². The van der Waals surface area contributed by atoms with Crippen molar-refractivity contribution in [3.05, 3.63) is 65.8 Å². The first-order valence-electron chi connectivity index (χ1n) is 6.50. The molecule has 3 nitrogen and oxygen atoms in total. The van der Waals surface area contributed by atoms with E-state index in [1.165, 1.54) is 10.4 Å². The number of nitrogens with zero attached hydrogens (tertiary/aromatic N) is 2. The van der Waals surface area contributed by atoms with Crippen LogP contribution in [0.5, 0.6) is 0 Å². The molecule has 1 atom stereocenters. The van der Waals surface area contributed by atoms with Crippen molar-refractivity contribution in [2.45, 2.75) is 13.0 Å². The maximum Gasteiger partial charge on any atom is 0.223 e. The van der Waals surface area contributed by atoms with Crippen molar-refractivity contribution < 1.29 is 0 Å². The fourth-order valence-electron chi connectivity index (χ4n) is 1.99. The molecule has 0 fully saturated rings. The molecule has 0 saturated heterocycles. The van der Waals surface area contributed by atoms with Gasteiger partial charge in [-0.05, 0) is 23.9 Å². The third-order valence-electron chi connectivity index (χ3n) is 3.10. The number of aromatic nitrogens is 2. The Morgan fingerprint density at radius 3 is 2.40 bits per heavy atom. The molecule has 0 bridgehead atoms. The first-order chi connectivity index (χ1) is 9.83. The van der Waals surface area contributed by atoms with E-state index in [1.54, 1.807) is 11.3 Å².